The minimum absolute atomic E-state index is 0.307. The highest BCUT2D eigenvalue weighted by atomic mass is 16.7. The molecule has 5 nitrogen and oxygen atoms in total. The molecule has 5 heteroatoms. The minimum Gasteiger partial charge on any atom is -0.448 e. The molecule has 1 aliphatic carbocycles. The number of benzene rings is 1. The van der Waals surface area contributed by atoms with Gasteiger partial charge in [0.15, 0.2) is 11.5 Å². The van der Waals surface area contributed by atoms with Crippen LogP contribution in [-0.2, 0) is 0 Å². The van der Waals surface area contributed by atoms with E-state index in [1.807, 2.05) is 18.2 Å². The van der Waals surface area contributed by atoms with Crippen molar-refractivity contribution in [2.75, 3.05) is 5.73 Å². The number of nitrogens with zero attached hydrogens (tertiary/aromatic N) is 1. The van der Waals surface area contributed by atoms with Gasteiger partial charge in [-0.05, 0) is 31.0 Å². The fourth-order valence-corrected chi connectivity index (χ4v) is 2.97. The standard InChI is InChI=1S/C15H16N2O3/c16-14-9-11(17-20-14)10-4-5-12-13(8-10)19-15(18-12)6-2-1-3-7-15/h4-5,8-9H,1-3,6-7,16H2. The summed E-state index contributed by atoms with van der Waals surface area (Å²) in [6.07, 6.45) is 5.47. The van der Waals surface area contributed by atoms with Crippen molar-refractivity contribution in [1.82, 2.24) is 5.16 Å². The smallest absolute Gasteiger partial charge is 0.251 e. The Kier molecular flexibility index (Phi) is 2.42. The number of hydrogen-bond donors (Lipinski definition) is 1. The summed E-state index contributed by atoms with van der Waals surface area (Å²) in [6.45, 7) is 0. The van der Waals surface area contributed by atoms with E-state index in [1.165, 1.54) is 6.42 Å². The van der Waals surface area contributed by atoms with Crippen LogP contribution in [0.5, 0.6) is 11.5 Å². The van der Waals surface area contributed by atoms with E-state index in [-0.39, 0.29) is 0 Å². The molecule has 1 aromatic carbocycles. The largest absolute Gasteiger partial charge is 0.448 e. The summed E-state index contributed by atoms with van der Waals surface area (Å²) in [5.41, 5.74) is 7.18. The zero-order chi connectivity index (χ0) is 13.6. The number of fused-ring (bicyclic) bond motifs is 1. The van der Waals surface area contributed by atoms with Crippen molar-refractivity contribution < 1.29 is 14.0 Å². The maximum atomic E-state index is 6.09. The van der Waals surface area contributed by atoms with E-state index in [4.69, 9.17) is 19.7 Å². The highest BCUT2D eigenvalue weighted by Gasteiger charge is 2.42. The van der Waals surface area contributed by atoms with Crippen LogP contribution in [-0.4, -0.2) is 10.9 Å². The van der Waals surface area contributed by atoms with Crippen LogP contribution in [0.4, 0.5) is 5.88 Å². The van der Waals surface area contributed by atoms with E-state index in [1.54, 1.807) is 6.07 Å². The van der Waals surface area contributed by atoms with Crippen molar-refractivity contribution in [2.24, 2.45) is 0 Å². The lowest BCUT2D eigenvalue weighted by atomic mass is 9.94. The highest BCUT2D eigenvalue weighted by Crippen LogP contribution is 2.46. The molecule has 0 unspecified atom stereocenters. The van der Waals surface area contributed by atoms with Crippen molar-refractivity contribution in [3.63, 3.8) is 0 Å². The van der Waals surface area contributed by atoms with Crippen LogP contribution in [0.3, 0.4) is 0 Å². The van der Waals surface area contributed by atoms with Gasteiger partial charge in [-0.3, -0.25) is 0 Å². The molecule has 0 saturated heterocycles. The van der Waals surface area contributed by atoms with E-state index in [0.29, 0.717) is 11.6 Å². The van der Waals surface area contributed by atoms with E-state index < -0.39 is 5.79 Å². The summed E-state index contributed by atoms with van der Waals surface area (Å²) in [4.78, 5) is 0. The second kappa shape index (κ2) is 4.16. The Labute approximate surface area is 116 Å². The van der Waals surface area contributed by atoms with Crippen LogP contribution < -0.4 is 15.2 Å². The molecule has 2 aromatic rings. The number of anilines is 1. The molecule has 0 radical (unpaired) electrons. The molecule has 2 aliphatic rings. The Morgan fingerprint density at radius 1 is 1.00 bits per heavy atom. The molecular formula is C15H16N2O3. The first-order chi connectivity index (χ1) is 9.74. The summed E-state index contributed by atoms with van der Waals surface area (Å²) in [6, 6.07) is 7.52. The van der Waals surface area contributed by atoms with Crippen LogP contribution in [0.2, 0.25) is 0 Å². The maximum Gasteiger partial charge on any atom is 0.251 e. The maximum absolute atomic E-state index is 6.09. The molecule has 2 N–H and O–H groups in total. The summed E-state index contributed by atoms with van der Waals surface area (Å²) in [5.74, 6) is 1.46. The van der Waals surface area contributed by atoms with Crippen LogP contribution >= 0.6 is 0 Å². The molecule has 1 fully saturated rings. The third-order valence-corrected chi connectivity index (χ3v) is 3.98. The minimum atomic E-state index is -0.442. The summed E-state index contributed by atoms with van der Waals surface area (Å²) in [7, 11) is 0. The average molecular weight is 272 g/mol. The van der Waals surface area contributed by atoms with Crippen LogP contribution in [0, 0.1) is 0 Å². The quantitative estimate of drug-likeness (QED) is 0.862. The number of nitrogen functional groups attached to an aromatic ring is 1. The van der Waals surface area contributed by atoms with E-state index in [2.05, 4.69) is 5.16 Å². The molecule has 2 heterocycles. The predicted molar refractivity (Wildman–Crippen MR) is 73.4 cm³/mol. The second-order valence-electron chi connectivity index (χ2n) is 5.45. The fraction of sp³-hybridized carbons (Fsp3) is 0.400. The summed E-state index contributed by atoms with van der Waals surface area (Å²) >= 11 is 0. The third kappa shape index (κ3) is 1.81. The van der Waals surface area contributed by atoms with Gasteiger partial charge in [0, 0.05) is 24.5 Å². The Hall–Kier alpha value is -2.17. The van der Waals surface area contributed by atoms with Crippen molar-refractivity contribution in [3.05, 3.63) is 24.3 Å². The fourth-order valence-electron chi connectivity index (χ4n) is 2.97. The molecule has 104 valence electrons. The molecule has 0 bridgehead atoms. The second-order valence-corrected chi connectivity index (χ2v) is 5.45. The number of nitrogens with two attached hydrogens (primary N) is 1. The Balaban J connectivity index is 1.66. The van der Waals surface area contributed by atoms with Gasteiger partial charge in [-0.1, -0.05) is 11.6 Å². The summed E-state index contributed by atoms with van der Waals surface area (Å²) < 4.78 is 17.0. The lowest BCUT2D eigenvalue weighted by Crippen LogP contribution is -2.40. The van der Waals surface area contributed by atoms with Gasteiger partial charge in [0.1, 0.15) is 5.69 Å². The molecule has 1 aromatic heterocycles. The normalized spacial score (nSPS) is 19.4. The third-order valence-electron chi connectivity index (χ3n) is 3.98. The van der Waals surface area contributed by atoms with Gasteiger partial charge in [0.25, 0.3) is 5.79 Å². The number of ether oxygens (including phenoxy) is 2. The Morgan fingerprint density at radius 2 is 1.80 bits per heavy atom. The van der Waals surface area contributed by atoms with Gasteiger partial charge < -0.3 is 19.7 Å². The SMILES string of the molecule is Nc1cc(-c2ccc3c(c2)OC2(CCCCC2)O3)no1. The molecule has 1 aliphatic heterocycles. The van der Waals surface area contributed by atoms with Gasteiger partial charge >= 0.3 is 0 Å². The van der Waals surface area contributed by atoms with Gasteiger partial charge in [-0.15, -0.1) is 0 Å². The first kappa shape index (κ1) is 11.6. The molecule has 0 atom stereocenters. The molecule has 20 heavy (non-hydrogen) atoms. The first-order valence-electron chi connectivity index (χ1n) is 6.99. The van der Waals surface area contributed by atoms with Crippen molar-refractivity contribution in [3.8, 4) is 22.8 Å². The zero-order valence-corrected chi connectivity index (χ0v) is 11.1. The van der Waals surface area contributed by atoms with Crippen molar-refractivity contribution in [2.45, 2.75) is 37.9 Å². The predicted octanol–water partition coefficient (Wildman–Crippen LogP) is 3.36. The van der Waals surface area contributed by atoms with E-state index in [9.17, 15) is 0 Å². The Bertz CT molecular complexity index is 644. The van der Waals surface area contributed by atoms with Gasteiger partial charge in [0.2, 0.25) is 5.88 Å². The lowest BCUT2D eigenvalue weighted by Gasteiger charge is -2.31. The van der Waals surface area contributed by atoms with Crippen molar-refractivity contribution >= 4 is 5.88 Å². The van der Waals surface area contributed by atoms with Crippen LogP contribution in [0.1, 0.15) is 32.1 Å². The molecule has 4 rings (SSSR count). The topological polar surface area (TPSA) is 70.5 Å². The zero-order valence-electron chi connectivity index (χ0n) is 11.1. The number of hydrogen-bond acceptors (Lipinski definition) is 5. The monoisotopic (exact) mass is 272 g/mol. The molecular weight excluding hydrogens is 256 g/mol. The first-order valence-corrected chi connectivity index (χ1v) is 6.99. The van der Waals surface area contributed by atoms with Crippen LogP contribution in [0.15, 0.2) is 28.8 Å². The summed E-state index contributed by atoms with van der Waals surface area (Å²) in [5, 5.41) is 3.92. The van der Waals surface area contributed by atoms with Crippen LogP contribution in [0.25, 0.3) is 11.3 Å². The van der Waals surface area contributed by atoms with E-state index in [0.717, 1.165) is 42.7 Å². The van der Waals surface area contributed by atoms with Gasteiger partial charge in [-0.25, -0.2) is 0 Å². The van der Waals surface area contributed by atoms with Crippen molar-refractivity contribution in [1.29, 1.82) is 0 Å². The average Bonchev–Trinajstić information content (AvgIpc) is 3.02. The molecule has 1 saturated carbocycles. The lowest BCUT2D eigenvalue weighted by molar-refractivity contribution is -0.105. The highest BCUT2D eigenvalue weighted by molar-refractivity contribution is 5.65. The Morgan fingerprint density at radius 3 is 2.55 bits per heavy atom. The van der Waals surface area contributed by atoms with E-state index >= 15 is 0 Å². The molecule has 0 amide bonds. The van der Waals surface area contributed by atoms with Gasteiger partial charge in [-0.2, -0.15) is 0 Å². The number of aromatic nitrogens is 1. The van der Waals surface area contributed by atoms with Gasteiger partial charge in [0.05, 0.1) is 0 Å². The molecule has 1 spiro atoms. The number of rotatable bonds is 1.